The van der Waals surface area contributed by atoms with Crippen LogP contribution in [-0.2, 0) is 6.42 Å². The van der Waals surface area contributed by atoms with E-state index in [1.807, 2.05) is 19.9 Å². The molecule has 6 nitrogen and oxygen atoms in total. The van der Waals surface area contributed by atoms with E-state index in [2.05, 4.69) is 0 Å². The zero-order chi connectivity index (χ0) is 17.2. The van der Waals surface area contributed by atoms with E-state index >= 15 is 0 Å². The zero-order valence-corrected chi connectivity index (χ0v) is 14.8. The molecule has 0 N–H and O–H groups in total. The Kier molecular flexibility index (Phi) is 5.30. The van der Waals surface area contributed by atoms with Crippen LogP contribution in [0.2, 0.25) is 0 Å². The molecule has 1 heterocycles. The van der Waals surface area contributed by atoms with E-state index in [-0.39, 0.29) is 5.60 Å². The Morgan fingerprint density at radius 3 is 2.57 bits per heavy atom. The second-order valence-corrected chi connectivity index (χ2v) is 7.84. The Morgan fingerprint density at radius 1 is 1.26 bits per heavy atom. The van der Waals surface area contributed by atoms with Gasteiger partial charge in [0.25, 0.3) is 0 Å². The number of amides is 2. The molecule has 0 radical (unpaired) electrons. The van der Waals surface area contributed by atoms with Crippen molar-refractivity contribution in [2.75, 3.05) is 14.1 Å². The minimum atomic E-state index is -1.60. The molecule has 0 saturated carbocycles. The first kappa shape index (κ1) is 17.7. The van der Waals surface area contributed by atoms with Crippen LogP contribution in [0.1, 0.15) is 19.4 Å². The summed E-state index contributed by atoms with van der Waals surface area (Å²) in [4.78, 5) is 22.6. The minimum absolute atomic E-state index is 0.338. The third kappa shape index (κ3) is 4.44. The van der Waals surface area contributed by atoms with Gasteiger partial charge in [-0.3, -0.25) is 4.31 Å². The lowest BCUT2D eigenvalue weighted by Gasteiger charge is -2.19. The summed E-state index contributed by atoms with van der Waals surface area (Å²) in [5, 5.41) is 0. The van der Waals surface area contributed by atoms with Crippen LogP contribution < -0.4 is 9.47 Å². The van der Waals surface area contributed by atoms with Gasteiger partial charge in [-0.05, 0) is 19.9 Å². The van der Waals surface area contributed by atoms with Crippen molar-refractivity contribution in [3.8, 4) is 11.5 Å². The lowest BCUT2D eigenvalue weighted by Crippen LogP contribution is -2.26. The van der Waals surface area contributed by atoms with Gasteiger partial charge in [0.1, 0.15) is 5.60 Å². The summed E-state index contributed by atoms with van der Waals surface area (Å²) >= 11 is 0. The van der Waals surface area contributed by atoms with Crippen molar-refractivity contribution < 1.29 is 23.5 Å². The van der Waals surface area contributed by atoms with Gasteiger partial charge >= 0.3 is 12.3 Å². The highest BCUT2D eigenvalue weighted by atomic mass is 33.1. The molecule has 0 aliphatic carbocycles. The highest BCUT2D eigenvalue weighted by Crippen LogP contribution is 2.42. The molecule has 1 aliphatic heterocycles. The molecule has 0 spiro atoms. The molecule has 126 valence electrons. The number of carbonyl (C=O) groups is 2. The van der Waals surface area contributed by atoms with Gasteiger partial charge in [-0.1, -0.05) is 12.1 Å². The molecule has 9 heteroatoms. The fourth-order valence-electron chi connectivity index (χ4n) is 1.99. The average molecular weight is 360 g/mol. The van der Waals surface area contributed by atoms with Crippen LogP contribution in [0.3, 0.4) is 0 Å². The highest BCUT2D eigenvalue weighted by Gasteiger charge is 2.33. The number of halogens is 1. The third-order valence-corrected chi connectivity index (χ3v) is 5.36. The summed E-state index contributed by atoms with van der Waals surface area (Å²) < 4.78 is 25.5. The molecule has 1 aromatic carbocycles. The maximum atomic E-state index is 12.4. The number of rotatable bonds is 4. The predicted octanol–water partition coefficient (Wildman–Crippen LogP) is 4.06. The first-order valence-corrected chi connectivity index (χ1v) is 8.80. The topological polar surface area (TPSA) is 59.1 Å². The van der Waals surface area contributed by atoms with E-state index in [0.717, 1.165) is 42.6 Å². The molecule has 0 aromatic heterocycles. The van der Waals surface area contributed by atoms with Crippen LogP contribution in [0.5, 0.6) is 11.5 Å². The Hall–Kier alpha value is -1.61. The van der Waals surface area contributed by atoms with Gasteiger partial charge in [-0.15, -0.1) is 4.39 Å². The third-order valence-electron chi connectivity index (χ3n) is 3.01. The van der Waals surface area contributed by atoms with Crippen LogP contribution in [0.25, 0.3) is 0 Å². The summed E-state index contributed by atoms with van der Waals surface area (Å²) in [6.45, 7) is 3.92. The smallest absolute Gasteiger partial charge is 0.425 e. The largest absolute Gasteiger partial charge is 0.483 e. The van der Waals surface area contributed by atoms with Crippen LogP contribution >= 0.6 is 22.0 Å². The number of ether oxygens (including phenoxy) is 2. The van der Waals surface area contributed by atoms with Gasteiger partial charge in [0.15, 0.2) is 11.5 Å². The molecule has 1 aromatic rings. The van der Waals surface area contributed by atoms with Crippen molar-refractivity contribution in [2.24, 2.45) is 0 Å². The van der Waals surface area contributed by atoms with Gasteiger partial charge in [0, 0.05) is 48.0 Å². The van der Waals surface area contributed by atoms with Crippen molar-refractivity contribution in [2.45, 2.75) is 25.9 Å². The maximum absolute atomic E-state index is 12.4. The van der Waals surface area contributed by atoms with Crippen LogP contribution in [0.4, 0.5) is 14.0 Å². The number of hydrogen-bond donors (Lipinski definition) is 0. The molecule has 0 saturated heterocycles. The normalized spacial score (nSPS) is 14.7. The van der Waals surface area contributed by atoms with Crippen molar-refractivity contribution >= 4 is 34.2 Å². The van der Waals surface area contributed by atoms with E-state index in [9.17, 15) is 14.0 Å². The lowest BCUT2D eigenvalue weighted by molar-refractivity contribution is 0.132. The molecular weight excluding hydrogens is 343 g/mol. The molecule has 0 bridgehead atoms. The monoisotopic (exact) mass is 360 g/mol. The molecule has 0 unspecified atom stereocenters. The summed E-state index contributed by atoms with van der Waals surface area (Å²) in [5.74, 6) is 0.901. The number of para-hydroxylation sites is 1. The summed E-state index contributed by atoms with van der Waals surface area (Å²) in [5.41, 5.74) is 0.638. The number of fused-ring (bicyclic) bond motifs is 1. The molecule has 2 rings (SSSR count). The van der Waals surface area contributed by atoms with Gasteiger partial charge < -0.3 is 9.47 Å². The Bertz CT molecular complexity index is 627. The first-order chi connectivity index (χ1) is 10.7. The van der Waals surface area contributed by atoms with E-state index in [4.69, 9.17) is 9.47 Å². The van der Waals surface area contributed by atoms with Gasteiger partial charge in [0.2, 0.25) is 0 Å². The Balaban J connectivity index is 1.99. The molecule has 1 aliphatic rings. The summed E-state index contributed by atoms with van der Waals surface area (Å²) in [6.07, 6.45) is -1.51. The lowest BCUT2D eigenvalue weighted by atomic mass is 10.0. The quantitative estimate of drug-likeness (QED) is 0.349. The SMILES string of the molecule is CN(SSN(C)C(=O)Oc1cccc2c1OC(C)(C)C2)C(=O)F. The van der Waals surface area contributed by atoms with Crippen molar-refractivity contribution in [3.63, 3.8) is 0 Å². The van der Waals surface area contributed by atoms with E-state index in [0.29, 0.717) is 11.5 Å². The number of nitrogens with zero attached hydrogens (tertiary/aromatic N) is 2. The second kappa shape index (κ2) is 6.88. The number of benzene rings is 1. The van der Waals surface area contributed by atoms with Crippen molar-refractivity contribution in [1.82, 2.24) is 8.61 Å². The van der Waals surface area contributed by atoms with Crippen molar-refractivity contribution in [1.29, 1.82) is 0 Å². The van der Waals surface area contributed by atoms with Gasteiger partial charge in [0.05, 0.1) is 0 Å². The highest BCUT2D eigenvalue weighted by molar-refractivity contribution is 8.75. The molecule has 0 fully saturated rings. The fraction of sp³-hybridized carbons (Fsp3) is 0.429. The van der Waals surface area contributed by atoms with Crippen LogP contribution in [-0.4, -0.2) is 40.6 Å². The van der Waals surface area contributed by atoms with Gasteiger partial charge in [-0.25, -0.2) is 13.9 Å². The molecular formula is C14H17FN2O4S2. The fourth-order valence-corrected chi connectivity index (χ4v) is 3.30. The molecule has 23 heavy (non-hydrogen) atoms. The maximum Gasteiger partial charge on any atom is 0.425 e. The second-order valence-electron chi connectivity index (χ2n) is 5.55. The predicted molar refractivity (Wildman–Crippen MR) is 88.1 cm³/mol. The van der Waals surface area contributed by atoms with Crippen molar-refractivity contribution in [3.05, 3.63) is 23.8 Å². The first-order valence-electron chi connectivity index (χ1n) is 6.74. The number of hydrogen-bond acceptors (Lipinski definition) is 6. The average Bonchev–Trinajstić information content (AvgIpc) is 2.79. The van der Waals surface area contributed by atoms with Crippen LogP contribution in [0.15, 0.2) is 18.2 Å². The summed E-state index contributed by atoms with van der Waals surface area (Å²) in [7, 11) is 4.37. The standard InChI is InChI=1S/C14H17FN2O4S2/c1-14(2)8-9-6-5-7-10(11(9)21-14)20-13(19)17(4)23-22-16(3)12(15)18/h5-7H,8H2,1-4H3. The van der Waals surface area contributed by atoms with Gasteiger partial charge in [-0.2, -0.15) is 0 Å². The Morgan fingerprint density at radius 2 is 1.91 bits per heavy atom. The minimum Gasteiger partial charge on any atom is -0.483 e. The van der Waals surface area contributed by atoms with E-state index in [1.165, 1.54) is 14.1 Å². The summed E-state index contributed by atoms with van der Waals surface area (Å²) in [6, 6.07) is 5.38. The molecule has 2 amide bonds. The Labute approximate surface area is 141 Å². The van der Waals surface area contributed by atoms with E-state index in [1.54, 1.807) is 12.1 Å². The zero-order valence-electron chi connectivity index (χ0n) is 13.2. The number of carbonyl (C=O) groups excluding carboxylic acids is 2. The van der Waals surface area contributed by atoms with Crippen LogP contribution in [0, 0.1) is 0 Å². The molecule has 0 atom stereocenters. The van der Waals surface area contributed by atoms with E-state index < -0.39 is 12.3 Å².